The van der Waals surface area contributed by atoms with Crippen LogP contribution in [-0.4, -0.2) is 50.6 Å². The average Bonchev–Trinajstić information content (AvgIpc) is 2.62. The highest BCUT2D eigenvalue weighted by atomic mass is 32.2. The molecule has 7 heteroatoms. The van der Waals surface area contributed by atoms with E-state index >= 15 is 0 Å². The number of hydrogen-bond acceptors (Lipinski definition) is 4. The zero-order valence-corrected chi connectivity index (χ0v) is 16.9. The topological polar surface area (TPSA) is 69.7 Å². The van der Waals surface area contributed by atoms with Crippen molar-refractivity contribution >= 4 is 27.3 Å². The summed E-state index contributed by atoms with van der Waals surface area (Å²) in [5.74, 6) is -0.173. The largest absolute Gasteiger partial charge is 0.372 e. The fourth-order valence-electron chi connectivity index (χ4n) is 3.26. The van der Waals surface area contributed by atoms with Gasteiger partial charge in [-0.05, 0) is 56.9 Å². The van der Waals surface area contributed by atoms with E-state index in [1.165, 1.54) is 35.5 Å². The molecule has 1 aliphatic rings. The summed E-state index contributed by atoms with van der Waals surface area (Å²) in [5, 5.41) is 2.86. The Balaban J connectivity index is 1.88. The van der Waals surface area contributed by atoms with E-state index < -0.39 is 10.0 Å². The molecule has 1 aromatic carbocycles. The lowest BCUT2D eigenvalue weighted by molar-refractivity contribution is -0.116. The number of nitrogens with zero attached hydrogens (tertiary/aromatic N) is 2. The van der Waals surface area contributed by atoms with Crippen molar-refractivity contribution in [2.75, 3.05) is 36.1 Å². The Morgan fingerprint density at radius 2 is 1.81 bits per heavy atom. The molecular formula is C19H31N3O3S. The molecule has 0 aliphatic carbocycles. The second-order valence-electron chi connectivity index (χ2n) is 7.02. The quantitative estimate of drug-likeness (QED) is 0.751. The Labute approximate surface area is 157 Å². The van der Waals surface area contributed by atoms with Gasteiger partial charge in [-0.3, -0.25) is 4.79 Å². The van der Waals surface area contributed by atoms with Gasteiger partial charge in [-0.25, -0.2) is 8.42 Å². The number of nitrogens with one attached hydrogen (secondary N) is 1. The van der Waals surface area contributed by atoms with Gasteiger partial charge in [-0.15, -0.1) is 0 Å². The minimum Gasteiger partial charge on any atom is -0.372 e. The summed E-state index contributed by atoms with van der Waals surface area (Å²) in [4.78, 5) is 14.6. The predicted octanol–water partition coefficient (Wildman–Crippen LogP) is 3.07. The smallest absolute Gasteiger partial charge is 0.225 e. The molecule has 0 spiro atoms. The Hall–Kier alpha value is -1.60. The summed E-state index contributed by atoms with van der Waals surface area (Å²) in [6.07, 6.45) is 5.80. The molecule has 26 heavy (non-hydrogen) atoms. The van der Waals surface area contributed by atoms with Crippen molar-refractivity contribution in [1.29, 1.82) is 0 Å². The monoisotopic (exact) mass is 381 g/mol. The van der Waals surface area contributed by atoms with Gasteiger partial charge >= 0.3 is 0 Å². The summed E-state index contributed by atoms with van der Waals surface area (Å²) >= 11 is 0. The van der Waals surface area contributed by atoms with Crippen LogP contribution in [0.15, 0.2) is 24.3 Å². The van der Waals surface area contributed by atoms with E-state index in [9.17, 15) is 13.2 Å². The number of carbonyl (C=O) groups is 1. The Morgan fingerprint density at radius 1 is 1.19 bits per heavy atom. The number of amides is 1. The van der Waals surface area contributed by atoms with Gasteiger partial charge < -0.3 is 10.2 Å². The number of benzene rings is 1. The molecule has 1 N–H and O–H groups in total. The van der Waals surface area contributed by atoms with Crippen molar-refractivity contribution in [2.45, 2.75) is 52.0 Å². The maximum absolute atomic E-state index is 12.2. The lowest BCUT2D eigenvalue weighted by Gasteiger charge is -2.28. The third-order valence-electron chi connectivity index (χ3n) is 4.94. The SMILES string of the molecule is CCC(C)N(CCC(=O)Nc1ccc(N2CCCCC2)cc1)S(C)(=O)=O. The van der Waals surface area contributed by atoms with Crippen molar-refractivity contribution in [1.82, 2.24) is 4.31 Å². The molecule has 1 aliphatic heterocycles. The molecule has 1 unspecified atom stereocenters. The first-order valence-corrected chi connectivity index (χ1v) is 11.3. The van der Waals surface area contributed by atoms with Crippen LogP contribution in [0.2, 0.25) is 0 Å². The van der Waals surface area contributed by atoms with Gasteiger partial charge in [0.1, 0.15) is 0 Å². The molecule has 146 valence electrons. The fraction of sp³-hybridized carbons (Fsp3) is 0.632. The molecule has 2 rings (SSSR count). The lowest BCUT2D eigenvalue weighted by Crippen LogP contribution is -2.39. The van der Waals surface area contributed by atoms with Crippen LogP contribution in [0.25, 0.3) is 0 Å². The van der Waals surface area contributed by atoms with Gasteiger partial charge in [0, 0.05) is 43.5 Å². The maximum Gasteiger partial charge on any atom is 0.225 e. The molecule has 1 amide bonds. The highest BCUT2D eigenvalue weighted by Gasteiger charge is 2.22. The first kappa shape index (κ1) is 20.7. The Kier molecular flexibility index (Phi) is 7.46. The van der Waals surface area contributed by atoms with Crippen molar-refractivity contribution < 1.29 is 13.2 Å². The summed E-state index contributed by atoms with van der Waals surface area (Å²) in [5.41, 5.74) is 1.92. The van der Waals surface area contributed by atoms with Crippen molar-refractivity contribution in [3.05, 3.63) is 24.3 Å². The van der Waals surface area contributed by atoms with E-state index in [0.717, 1.165) is 18.8 Å². The second kappa shape index (κ2) is 9.37. The zero-order chi connectivity index (χ0) is 19.2. The summed E-state index contributed by atoms with van der Waals surface area (Å²) in [6.45, 7) is 6.17. The van der Waals surface area contributed by atoms with Crippen molar-refractivity contribution in [3.8, 4) is 0 Å². The van der Waals surface area contributed by atoms with Gasteiger partial charge in [0.25, 0.3) is 0 Å². The highest BCUT2D eigenvalue weighted by Crippen LogP contribution is 2.22. The molecule has 0 aromatic heterocycles. The molecule has 0 bridgehead atoms. The number of carbonyl (C=O) groups excluding carboxylic acids is 1. The van der Waals surface area contributed by atoms with Crippen LogP contribution in [0.3, 0.4) is 0 Å². The fourth-order valence-corrected chi connectivity index (χ4v) is 4.49. The van der Waals surface area contributed by atoms with Crippen LogP contribution in [0, 0.1) is 0 Å². The molecule has 1 atom stereocenters. The Morgan fingerprint density at radius 3 is 2.35 bits per heavy atom. The van der Waals surface area contributed by atoms with E-state index in [0.29, 0.717) is 6.42 Å². The lowest BCUT2D eigenvalue weighted by atomic mass is 10.1. The maximum atomic E-state index is 12.2. The van der Waals surface area contributed by atoms with Crippen LogP contribution < -0.4 is 10.2 Å². The molecule has 1 aromatic rings. The van der Waals surface area contributed by atoms with Gasteiger partial charge in [0.05, 0.1) is 6.26 Å². The number of sulfonamides is 1. The minimum atomic E-state index is -3.32. The first-order chi connectivity index (χ1) is 12.3. The molecule has 0 radical (unpaired) electrons. The second-order valence-corrected chi connectivity index (χ2v) is 8.96. The third kappa shape index (κ3) is 5.99. The third-order valence-corrected chi connectivity index (χ3v) is 6.33. The summed E-state index contributed by atoms with van der Waals surface area (Å²) < 4.78 is 25.2. The van der Waals surface area contributed by atoms with Gasteiger partial charge in [-0.1, -0.05) is 6.92 Å². The molecule has 0 saturated carbocycles. The Bertz CT molecular complexity index is 682. The van der Waals surface area contributed by atoms with Crippen molar-refractivity contribution in [3.63, 3.8) is 0 Å². The molecule has 1 saturated heterocycles. The highest BCUT2D eigenvalue weighted by molar-refractivity contribution is 7.88. The minimum absolute atomic E-state index is 0.110. The average molecular weight is 382 g/mol. The van der Waals surface area contributed by atoms with E-state index in [4.69, 9.17) is 0 Å². The predicted molar refractivity (Wildman–Crippen MR) is 107 cm³/mol. The van der Waals surface area contributed by atoms with Crippen LogP contribution >= 0.6 is 0 Å². The summed E-state index contributed by atoms with van der Waals surface area (Å²) in [7, 11) is -3.32. The first-order valence-electron chi connectivity index (χ1n) is 9.43. The van der Waals surface area contributed by atoms with E-state index in [2.05, 4.69) is 10.2 Å². The molecule has 6 nitrogen and oxygen atoms in total. The van der Waals surface area contributed by atoms with Gasteiger partial charge in [0.15, 0.2) is 0 Å². The van der Waals surface area contributed by atoms with Crippen LogP contribution in [-0.2, 0) is 14.8 Å². The molecule has 1 fully saturated rings. The van der Waals surface area contributed by atoms with Gasteiger partial charge in [-0.2, -0.15) is 4.31 Å². The van der Waals surface area contributed by atoms with Gasteiger partial charge in [0.2, 0.25) is 15.9 Å². The van der Waals surface area contributed by atoms with Crippen LogP contribution in [0.1, 0.15) is 46.0 Å². The van der Waals surface area contributed by atoms with Crippen LogP contribution in [0.4, 0.5) is 11.4 Å². The standard InChI is InChI=1S/C19H31N3O3S/c1-4-16(2)22(26(3,24)25)15-12-19(23)20-17-8-10-18(11-9-17)21-13-6-5-7-14-21/h8-11,16H,4-7,12-15H2,1-3H3,(H,20,23). The van der Waals surface area contributed by atoms with E-state index in [1.54, 1.807) is 0 Å². The summed E-state index contributed by atoms with van der Waals surface area (Å²) in [6, 6.07) is 7.77. The van der Waals surface area contributed by atoms with Crippen LogP contribution in [0.5, 0.6) is 0 Å². The number of anilines is 2. The van der Waals surface area contributed by atoms with E-state index in [-0.39, 0.29) is 24.9 Å². The number of piperidine rings is 1. The van der Waals surface area contributed by atoms with Crippen molar-refractivity contribution in [2.24, 2.45) is 0 Å². The normalized spacial score (nSPS) is 16.5. The number of hydrogen-bond donors (Lipinski definition) is 1. The van der Waals surface area contributed by atoms with E-state index in [1.807, 2.05) is 38.1 Å². The zero-order valence-electron chi connectivity index (χ0n) is 16.1. The molecular weight excluding hydrogens is 350 g/mol. The molecule has 1 heterocycles. The number of rotatable bonds is 8.